The van der Waals surface area contributed by atoms with E-state index in [0.29, 0.717) is 10.6 Å². The standard InChI is InChI=1S/C16H16Cl2N2O4S/c1-11-3-9-14(10-4-11)25(23,24)19-15(16(2,18)20(21)22)12-5-7-13(17)8-6-12/h3-10,15,19H,1-2H3/t15-,16+/m1/s1. The van der Waals surface area contributed by atoms with E-state index in [4.69, 9.17) is 23.2 Å². The van der Waals surface area contributed by atoms with Crippen LogP contribution in [0, 0.1) is 17.0 Å². The molecule has 25 heavy (non-hydrogen) atoms. The molecule has 0 spiro atoms. The SMILES string of the molecule is Cc1ccc(S(=O)(=O)N[C@H](c2ccc(Cl)cc2)[C@@](C)(Cl)[N+](=O)[O-])cc1. The van der Waals surface area contributed by atoms with Crippen molar-refractivity contribution < 1.29 is 13.3 Å². The van der Waals surface area contributed by atoms with E-state index in [2.05, 4.69) is 4.72 Å². The van der Waals surface area contributed by atoms with Crippen LogP contribution in [0.3, 0.4) is 0 Å². The summed E-state index contributed by atoms with van der Waals surface area (Å²) >= 11 is 11.9. The molecular weight excluding hydrogens is 387 g/mol. The minimum atomic E-state index is -4.02. The van der Waals surface area contributed by atoms with Gasteiger partial charge in [0.25, 0.3) is 0 Å². The monoisotopic (exact) mass is 402 g/mol. The molecule has 0 saturated heterocycles. The van der Waals surface area contributed by atoms with Gasteiger partial charge in [-0.3, -0.25) is 10.1 Å². The second-order valence-electron chi connectivity index (χ2n) is 5.70. The van der Waals surface area contributed by atoms with Crippen LogP contribution in [0.5, 0.6) is 0 Å². The molecule has 0 aliphatic rings. The van der Waals surface area contributed by atoms with Crippen LogP contribution in [0.15, 0.2) is 53.4 Å². The summed E-state index contributed by atoms with van der Waals surface area (Å²) in [5, 5.41) is 11.8. The van der Waals surface area contributed by atoms with Gasteiger partial charge in [0.15, 0.2) is 0 Å². The van der Waals surface area contributed by atoms with Gasteiger partial charge in [0.05, 0.1) is 4.90 Å². The third-order valence-corrected chi connectivity index (χ3v) is 5.74. The Morgan fingerprint density at radius 1 is 1.12 bits per heavy atom. The molecule has 0 bridgehead atoms. The van der Waals surface area contributed by atoms with Crippen molar-refractivity contribution in [2.24, 2.45) is 0 Å². The molecule has 2 aromatic rings. The van der Waals surface area contributed by atoms with Gasteiger partial charge >= 0.3 is 5.00 Å². The lowest BCUT2D eigenvalue weighted by molar-refractivity contribution is -0.542. The Morgan fingerprint density at radius 3 is 2.12 bits per heavy atom. The summed E-state index contributed by atoms with van der Waals surface area (Å²) in [7, 11) is -4.02. The third-order valence-electron chi connectivity index (χ3n) is 3.69. The van der Waals surface area contributed by atoms with Crippen LogP contribution >= 0.6 is 23.2 Å². The summed E-state index contributed by atoms with van der Waals surface area (Å²) < 4.78 is 27.6. The van der Waals surface area contributed by atoms with Crippen LogP contribution < -0.4 is 4.72 Å². The molecule has 2 rings (SSSR count). The number of benzene rings is 2. The number of sulfonamides is 1. The van der Waals surface area contributed by atoms with Crippen molar-refractivity contribution in [2.45, 2.75) is 29.8 Å². The molecular formula is C16H16Cl2N2O4S. The van der Waals surface area contributed by atoms with Crippen LogP contribution in [-0.2, 0) is 10.0 Å². The first-order valence-electron chi connectivity index (χ1n) is 7.22. The van der Waals surface area contributed by atoms with Crippen LogP contribution in [0.1, 0.15) is 24.1 Å². The summed E-state index contributed by atoms with van der Waals surface area (Å²) in [6.45, 7) is 2.97. The summed E-state index contributed by atoms with van der Waals surface area (Å²) in [5.41, 5.74) is 1.22. The predicted octanol–water partition coefficient (Wildman–Crippen LogP) is 3.90. The molecule has 0 radical (unpaired) electrons. The fourth-order valence-electron chi connectivity index (χ4n) is 2.18. The first kappa shape index (κ1) is 19.7. The van der Waals surface area contributed by atoms with Gasteiger partial charge in [0.1, 0.15) is 6.04 Å². The summed E-state index contributed by atoms with van der Waals surface area (Å²) in [5.74, 6) is 0. The lowest BCUT2D eigenvalue weighted by atomic mass is 10.0. The van der Waals surface area contributed by atoms with E-state index in [1.54, 1.807) is 12.1 Å². The molecule has 134 valence electrons. The highest BCUT2D eigenvalue weighted by Gasteiger charge is 2.47. The van der Waals surface area contributed by atoms with Gasteiger partial charge in [-0.15, -0.1) is 0 Å². The molecule has 0 aliphatic heterocycles. The highest BCUT2D eigenvalue weighted by Crippen LogP contribution is 2.34. The molecule has 9 heteroatoms. The molecule has 0 aliphatic carbocycles. The zero-order chi connectivity index (χ0) is 18.8. The van der Waals surface area contributed by atoms with E-state index >= 15 is 0 Å². The summed E-state index contributed by atoms with van der Waals surface area (Å²) in [6.07, 6.45) is 0. The van der Waals surface area contributed by atoms with Crippen molar-refractivity contribution in [1.29, 1.82) is 0 Å². The number of aryl methyl sites for hydroxylation is 1. The van der Waals surface area contributed by atoms with Crippen molar-refractivity contribution in [3.8, 4) is 0 Å². The van der Waals surface area contributed by atoms with Gasteiger partial charge in [-0.05, 0) is 48.4 Å². The van der Waals surface area contributed by atoms with Gasteiger partial charge < -0.3 is 0 Å². The zero-order valence-corrected chi connectivity index (χ0v) is 15.8. The number of rotatable bonds is 6. The molecule has 2 aromatic carbocycles. The molecule has 2 atom stereocenters. The maximum atomic E-state index is 12.6. The van der Waals surface area contributed by atoms with E-state index in [1.165, 1.54) is 36.4 Å². The largest absolute Gasteiger partial charge is 0.312 e. The number of nitro groups is 1. The summed E-state index contributed by atoms with van der Waals surface area (Å²) in [4.78, 5) is 8.55. The van der Waals surface area contributed by atoms with Gasteiger partial charge in [0.2, 0.25) is 10.0 Å². The van der Waals surface area contributed by atoms with Crippen LogP contribution in [0.4, 0.5) is 0 Å². The highest BCUT2D eigenvalue weighted by molar-refractivity contribution is 7.89. The Bertz CT molecular complexity index is 866. The van der Waals surface area contributed by atoms with Crippen LogP contribution in [0.2, 0.25) is 5.02 Å². The first-order chi connectivity index (χ1) is 11.5. The van der Waals surface area contributed by atoms with Crippen molar-refractivity contribution in [3.05, 3.63) is 74.8 Å². The van der Waals surface area contributed by atoms with Crippen LogP contribution in [-0.4, -0.2) is 18.3 Å². The van der Waals surface area contributed by atoms with E-state index < -0.39 is 26.0 Å². The van der Waals surface area contributed by atoms with Crippen molar-refractivity contribution in [2.75, 3.05) is 0 Å². The highest BCUT2D eigenvalue weighted by atomic mass is 35.5. The van der Waals surface area contributed by atoms with E-state index in [9.17, 15) is 18.5 Å². The van der Waals surface area contributed by atoms with Gasteiger partial charge in [-0.1, -0.05) is 41.4 Å². The van der Waals surface area contributed by atoms with Crippen LogP contribution in [0.25, 0.3) is 0 Å². The lowest BCUT2D eigenvalue weighted by Gasteiger charge is -2.26. The maximum absolute atomic E-state index is 12.6. The average Bonchev–Trinajstić information content (AvgIpc) is 2.54. The normalized spacial score (nSPS) is 15.4. The minimum absolute atomic E-state index is 0.00659. The number of hydrogen-bond acceptors (Lipinski definition) is 4. The maximum Gasteiger partial charge on any atom is 0.312 e. The second kappa shape index (κ2) is 7.29. The predicted molar refractivity (Wildman–Crippen MR) is 96.9 cm³/mol. The lowest BCUT2D eigenvalue weighted by Crippen LogP contribution is -2.45. The fraction of sp³-hybridized carbons (Fsp3) is 0.250. The van der Waals surface area contributed by atoms with E-state index in [1.807, 2.05) is 6.92 Å². The van der Waals surface area contributed by atoms with E-state index in [0.717, 1.165) is 12.5 Å². The molecule has 0 fully saturated rings. The average molecular weight is 403 g/mol. The zero-order valence-electron chi connectivity index (χ0n) is 13.4. The molecule has 0 saturated carbocycles. The third kappa shape index (κ3) is 4.49. The Balaban J connectivity index is 2.47. The van der Waals surface area contributed by atoms with E-state index in [-0.39, 0.29) is 4.90 Å². The molecule has 0 amide bonds. The minimum Gasteiger partial charge on any atom is -0.263 e. The molecule has 0 unspecified atom stereocenters. The number of nitrogens with one attached hydrogen (secondary N) is 1. The van der Waals surface area contributed by atoms with Gasteiger partial charge in [0, 0.05) is 16.9 Å². The number of hydrogen-bond donors (Lipinski definition) is 1. The van der Waals surface area contributed by atoms with Crippen molar-refractivity contribution in [3.63, 3.8) is 0 Å². The second-order valence-corrected chi connectivity index (χ2v) is 8.62. The number of halogens is 2. The molecule has 0 heterocycles. The Kier molecular flexibility index (Phi) is 5.73. The molecule has 0 aromatic heterocycles. The Labute approximate surface area is 156 Å². The first-order valence-corrected chi connectivity index (χ1v) is 9.46. The summed E-state index contributed by atoms with van der Waals surface area (Å²) in [6, 6.07) is 10.8. The molecule has 1 N–H and O–H groups in total. The number of alkyl halides is 1. The Hall–Kier alpha value is -1.67. The smallest absolute Gasteiger partial charge is 0.263 e. The van der Waals surface area contributed by atoms with Crippen molar-refractivity contribution in [1.82, 2.24) is 4.72 Å². The number of nitrogens with zero attached hydrogens (tertiary/aromatic N) is 1. The van der Waals surface area contributed by atoms with Crippen molar-refractivity contribution >= 4 is 33.2 Å². The fourth-order valence-corrected chi connectivity index (χ4v) is 3.86. The molecule has 6 nitrogen and oxygen atoms in total. The topological polar surface area (TPSA) is 89.3 Å². The van der Waals surface area contributed by atoms with Gasteiger partial charge in [-0.25, -0.2) is 8.42 Å². The quantitative estimate of drug-likeness (QED) is 0.343. The van der Waals surface area contributed by atoms with Gasteiger partial charge in [-0.2, -0.15) is 4.72 Å². The Morgan fingerprint density at radius 2 is 1.64 bits per heavy atom.